The van der Waals surface area contributed by atoms with E-state index in [1.165, 1.54) is 0 Å². The molecule has 3 rings (SSSR count). The minimum atomic E-state index is -1.52. The predicted molar refractivity (Wildman–Crippen MR) is 128 cm³/mol. The van der Waals surface area contributed by atoms with Crippen molar-refractivity contribution >= 4 is 25.2 Å². The van der Waals surface area contributed by atoms with E-state index in [0.29, 0.717) is 10.9 Å². The minimum Gasteiger partial charge on any atom is -0.423 e. The number of benzene rings is 2. The van der Waals surface area contributed by atoms with Gasteiger partial charge in [0.25, 0.3) is 0 Å². The van der Waals surface area contributed by atoms with Gasteiger partial charge in [-0.25, -0.2) is 0 Å². The van der Waals surface area contributed by atoms with Crippen molar-refractivity contribution in [3.63, 3.8) is 0 Å². The first kappa shape index (κ1) is 24.0. The lowest BCUT2D eigenvalue weighted by molar-refractivity contribution is 0.328. The van der Waals surface area contributed by atoms with Crippen molar-refractivity contribution in [2.75, 3.05) is 41.3 Å². The van der Waals surface area contributed by atoms with Crippen molar-refractivity contribution in [2.24, 2.45) is 0 Å². The van der Waals surface area contributed by atoms with Crippen LogP contribution in [0.1, 0.15) is 36.8 Å². The van der Waals surface area contributed by atoms with Crippen LogP contribution in [0.2, 0.25) is 0 Å². The topological polar surface area (TPSA) is 87.4 Å². The molecule has 0 spiro atoms. The molecule has 0 amide bonds. The van der Waals surface area contributed by atoms with Gasteiger partial charge < -0.3 is 29.9 Å². The van der Waals surface area contributed by atoms with E-state index in [-0.39, 0.29) is 5.41 Å². The molecule has 166 valence electrons. The summed E-state index contributed by atoms with van der Waals surface area (Å²) in [5, 5.41) is 39.3. The van der Waals surface area contributed by atoms with Gasteiger partial charge in [0.05, 0.1) is 0 Å². The molecule has 0 heterocycles. The molecule has 1 aliphatic carbocycles. The highest BCUT2D eigenvalue weighted by Gasteiger charge is 2.43. The summed E-state index contributed by atoms with van der Waals surface area (Å²) in [6, 6.07) is 11.3. The number of hydrogen-bond acceptors (Lipinski definition) is 6. The molecule has 0 radical (unpaired) electrons. The quantitative estimate of drug-likeness (QED) is 0.402. The maximum atomic E-state index is 9.83. The van der Waals surface area contributed by atoms with Gasteiger partial charge in [0.2, 0.25) is 0 Å². The van der Waals surface area contributed by atoms with E-state index < -0.39 is 14.2 Å². The Balaban J connectivity index is 2.16. The molecule has 0 atom stereocenters. The monoisotopic (exact) mass is 424 g/mol. The van der Waals surface area contributed by atoms with Crippen LogP contribution in [0.25, 0.3) is 11.1 Å². The lowest BCUT2D eigenvalue weighted by atomic mass is 9.67. The third-order valence-corrected chi connectivity index (χ3v) is 6.42. The van der Waals surface area contributed by atoms with E-state index in [0.717, 1.165) is 61.0 Å². The molecule has 8 heteroatoms. The van der Waals surface area contributed by atoms with E-state index in [2.05, 4.69) is 38.0 Å². The Morgan fingerprint density at radius 2 is 1.06 bits per heavy atom. The smallest absolute Gasteiger partial charge is 0.423 e. The molecular formula is C23H34B2N2O4. The maximum Gasteiger partial charge on any atom is 0.488 e. The van der Waals surface area contributed by atoms with Crippen molar-refractivity contribution in [3.8, 4) is 11.1 Å². The lowest BCUT2D eigenvalue weighted by Gasteiger charge is -2.34. The van der Waals surface area contributed by atoms with Gasteiger partial charge in [0.1, 0.15) is 0 Å². The lowest BCUT2D eigenvalue weighted by Crippen LogP contribution is -2.35. The average Bonchev–Trinajstić information content (AvgIpc) is 2.96. The van der Waals surface area contributed by atoms with Gasteiger partial charge in [-0.15, -0.1) is 0 Å². The van der Waals surface area contributed by atoms with Gasteiger partial charge >= 0.3 is 14.2 Å². The summed E-state index contributed by atoms with van der Waals surface area (Å²) in [6.07, 6.45) is 3.75. The van der Waals surface area contributed by atoms with Gasteiger partial charge in [-0.05, 0) is 100 Å². The van der Waals surface area contributed by atoms with Crippen LogP contribution < -0.4 is 10.9 Å². The summed E-state index contributed by atoms with van der Waals surface area (Å²) in [5.74, 6) is 0. The molecule has 1 aliphatic rings. The fraction of sp³-hybridized carbons (Fsp3) is 0.478. The summed E-state index contributed by atoms with van der Waals surface area (Å²) < 4.78 is 0. The molecule has 0 saturated carbocycles. The summed E-state index contributed by atoms with van der Waals surface area (Å²) in [6.45, 7) is 1.90. The summed E-state index contributed by atoms with van der Waals surface area (Å²) in [7, 11) is 5.21. The van der Waals surface area contributed by atoms with Crippen molar-refractivity contribution in [3.05, 3.63) is 47.5 Å². The van der Waals surface area contributed by atoms with Crippen LogP contribution in [-0.4, -0.2) is 85.4 Å². The van der Waals surface area contributed by atoms with E-state index >= 15 is 0 Å². The number of rotatable bonds is 10. The molecule has 0 bridgehead atoms. The molecule has 0 aliphatic heterocycles. The van der Waals surface area contributed by atoms with Crippen LogP contribution in [0.3, 0.4) is 0 Å². The predicted octanol–water partition coefficient (Wildman–Crippen LogP) is -0.00370. The van der Waals surface area contributed by atoms with E-state index in [4.69, 9.17) is 0 Å². The second-order valence-electron chi connectivity index (χ2n) is 9.25. The van der Waals surface area contributed by atoms with Crippen molar-refractivity contribution in [1.82, 2.24) is 9.80 Å². The molecule has 0 fully saturated rings. The van der Waals surface area contributed by atoms with E-state index in [1.807, 2.05) is 24.3 Å². The summed E-state index contributed by atoms with van der Waals surface area (Å²) in [4.78, 5) is 4.35. The Labute approximate surface area is 186 Å². The highest BCUT2D eigenvalue weighted by atomic mass is 16.4. The largest absolute Gasteiger partial charge is 0.488 e. The molecule has 6 nitrogen and oxygen atoms in total. The van der Waals surface area contributed by atoms with Gasteiger partial charge in [0.15, 0.2) is 0 Å². The minimum absolute atomic E-state index is 0.313. The maximum absolute atomic E-state index is 9.83. The van der Waals surface area contributed by atoms with Gasteiger partial charge in [-0.2, -0.15) is 0 Å². The molecule has 0 saturated heterocycles. The van der Waals surface area contributed by atoms with Gasteiger partial charge in [-0.1, -0.05) is 36.4 Å². The molecule has 0 aromatic heterocycles. The first-order valence-corrected chi connectivity index (χ1v) is 11.0. The molecule has 2 aromatic rings. The molecule has 4 N–H and O–H groups in total. The second kappa shape index (κ2) is 9.86. The standard InChI is InChI=1S/C23H34B2N2O4/c1-26(2)13-5-11-23(12-6-14-27(3)4)21-15-17(24(28)29)7-9-19(21)20-10-8-18(25(30)31)16-22(20)23/h7-10,15-16,28-31H,5-6,11-14H2,1-4H3. The number of nitrogens with zero attached hydrogens (tertiary/aromatic N) is 2. The summed E-state index contributed by atoms with van der Waals surface area (Å²) in [5.41, 5.74) is 5.05. The van der Waals surface area contributed by atoms with Crippen LogP contribution >= 0.6 is 0 Å². The van der Waals surface area contributed by atoms with Crippen LogP contribution in [0.5, 0.6) is 0 Å². The Kier molecular flexibility index (Phi) is 7.63. The Morgan fingerprint density at radius 3 is 1.39 bits per heavy atom. The SMILES string of the molecule is CN(C)CCCC1(CCCN(C)C)c2cc(B(O)O)ccc2-c2ccc(B(O)O)cc21. The second-order valence-corrected chi connectivity index (χ2v) is 9.25. The molecule has 2 aromatic carbocycles. The van der Waals surface area contributed by atoms with Crippen LogP contribution in [-0.2, 0) is 5.41 Å². The Morgan fingerprint density at radius 1 is 0.677 bits per heavy atom. The molecule has 0 unspecified atom stereocenters. The van der Waals surface area contributed by atoms with Crippen LogP contribution in [0.15, 0.2) is 36.4 Å². The first-order valence-electron chi connectivity index (χ1n) is 11.0. The zero-order valence-electron chi connectivity index (χ0n) is 19.0. The third-order valence-electron chi connectivity index (χ3n) is 6.42. The number of fused-ring (bicyclic) bond motifs is 3. The zero-order valence-corrected chi connectivity index (χ0v) is 19.0. The van der Waals surface area contributed by atoms with Crippen LogP contribution in [0, 0.1) is 0 Å². The van der Waals surface area contributed by atoms with E-state index in [9.17, 15) is 20.1 Å². The van der Waals surface area contributed by atoms with E-state index in [1.54, 1.807) is 12.1 Å². The van der Waals surface area contributed by atoms with Crippen LogP contribution in [0.4, 0.5) is 0 Å². The van der Waals surface area contributed by atoms with Crippen molar-refractivity contribution in [1.29, 1.82) is 0 Å². The summed E-state index contributed by atoms with van der Waals surface area (Å²) >= 11 is 0. The average molecular weight is 424 g/mol. The van der Waals surface area contributed by atoms with Gasteiger partial charge in [0, 0.05) is 5.41 Å². The zero-order chi connectivity index (χ0) is 22.8. The third kappa shape index (κ3) is 5.06. The highest BCUT2D eigenvalue weighted by Crippen LogP contribution is 2.53. The highest BCUT2D eigenvalue weighted by molar-refractivity contribution is 6.59. The van der Waals surface area contributed by atoms with Gasteiger partial charge in [-0.3, -0.25) is 0 Å². The number of hydrogen-bond donors (Lipinski definition) is 4. The molecule has 31 heavy (non-hydrogen) atoms. The Hall–Kier alpha value is -1.67. The first-order chi connectivity index (χ1) is 14.7. The van der Waals surface area contributed by atoms with Crippen molar-refractivity contribution < 1.29 is 20.1 Å². The normalized spacial score (nSPS) is 14.1. The fourth-order valence-corrected chi connectivity index (χ4v) is 4.91. The van der Waals surface area contributed by atoms with Crippen molar-refractivity contribution in [2.45, 2.75) is 31.1 Å². The fourth-order valence-electron chi connectivity index (χ4n) is 4.91. The Bertz CT molecular complexity index is 830. The molecular weight excluding hydrogens is 390 g/mol.